The Morgan fingerprint density at radius 3 is 2.41 bits per heavy atom. The Hall–Kier alpha value is -0.380. The number of nitrogens with one attached hydrogen (secondary N) is 1. The summed E-state index contributed by atoms with van der Waals surface area (Å²) in [7, 11) is 1.81. The van der Waals surface area contributed by atoms with Gasteiger partial charge in [-0.05, 0) is 35.9 Å². The summed E-state index contributed by atoms with van der Waals surface area (Å²) < 4.78 is 5.74. The lowest BCUT2D eigenvalue weighted by atomic mass is 9.82. The second kappa shape index (κ2) is 5.98. The first kappa shape index (κ1) is 14.7. The predicted molar refractivity (Wildman–Crippen MR) is 75.7 cm³/mol. The van der Waals surface area contributed by atoms with Crippen LogP contribution in [0.25, 0.3) is 0 Å². The number of ether oxygens (including phenoxy) is 1. The molecule has 0 aromatic carbocycles. The van der Waals surface area contributed by atoms with Gasteiger partial charge in [0.05, 0.1) is 12.1 Å². The van der Waals surface area contributed by atoms with E-state index in [0.29, 0.717) is 0 Å². The Kier molecular flexibility index (Phi) is 5.17. The smallest absolute Gasteiger partial charge is 0.0814 e. The third kappa shape index (κ3) is 3.80. The van der Waals surface area contributed by atoms with Gasteiger partial charge in [-0.1, -0.05) is 27.7 Å². The monoisotopic (exact) mass is 255 g/mol. The maximum Gasteiger partial charge on any atom is 0.0814 e. The van der Waals surface area contributed by atoms with E-state index >= 15 is 0 Å². The van der Waals surface area contributed by atoms with Gasteiger partial charge in [0.2, 0.25) is 0 Å². The maximum absolute atomic E-state index is 5.74. The van der Waals surface area contributed by atoms with E-state index in [1.165, 1.54) is 10.4 Å². The number of likely N-dealkylation sites (N-methyl/N-ethyl adjacent to an activating group) is 1. The average molecular weight is 255 g/mol. The van der Waals surface area contributed by atoms with Gasteiger partial charge < -0.3 is 10.1 Å². The lowest BCUT2D eigenvalue weighted by Crippen LogP contribution is -2.41. The molecule has 0 radical (unpaired) electrons. The van der Waals surface area contributed by atoms with Crippen LogP contribution in [0.2, 0.25) is 0 Å². The normalized spacial score (nSPS) is 15.9. The van der Waals surface area contributed by atoms with Gasteiger partial charge in [-0.25, -0.2) is 0 Å². The Morgan fingerprint density at radius 1 is 1.41 bits per heavy atom. The van der Waals surface area contributed by atoms with Crippen molar-refractivity contribution >= 4 is 11.3 Å². The summed E-state index contributed by atoms with van der Waals surface area (Å²) >= 11 is 1.80. The molecule has 0 aliphatic heterocycles. The summed E-state index contributed by atoms with van der Waals surface area (Å²) in [6.07, 6.45) is 0.177. The van der Waals surface area contributed by atoms with E-state index in [1.807, 2.05) is 0 Å². The predicted octanol–water partition coefficient (Wildman–Crippen LogP) is 3.77. The van der Waals surface area contributed by atoms with Crippen LogP contribution in [0.3, 0.4) is 0 Å². The fraction of sp³-hybridized carbons (Fsp3) is 0.714. The Balaban J connectivity index is 2.99. The Bertz CT molecular complexity index is 340. The Morgan fingerprint density at radius 2 is 2.06 bits per heavy atom. The first-order chi connectivity index (χ1) is 7.90. The molecule has 0 fully saturated rings. The second-order valence-electron chi connectivity index (χ2n) is 5.55. The summed E-state index contributed by atoms with van der Waals surface area (Å²) in [5, 5.41) is 5.79. The highest BCUT2D eigenvalue weighted by Gasteiger charge is 2.33. The molecule has 0 bridgehead atoms. The van der Waals surface area contributed by atoms with E-state index < -0.39 is 0 Å². The molecule has 1 aromatic rings. The molecule has 0 aliphatic rings. The topological polar surface area (TPSA) is 21.3 Å². The molecular weight excluding hydrogens is 230 g/mol. The van der Waals surface area contributed by atoms with Gasteiger partial charge in [-0.2, -0.15) is 0 Å². The van der Waals surface area contributed by atoms with Crippen LogP contribution in [0, 0.1) is 12.3 Å². The summed E-state index contributed by atoms with van der Waals surface area (Å²) in [5.41, 5.74) is 1.47. The van der Waals surface area contributed by atoms with Crippen molar-refractivity contribution in [2.24, 2.45) is 5.41 Å². The quantitative estimate of drug-likeness (QED) is 0.865. The van der Waals surface area contributed by atoms with Gasteiger partial charge in [0.15, 0.2) is 0 Å². The first-order valence-electron chi connectivity index (χ1n) is 6.21. The number of hydrogen-bond acceptors (Lipinski definition) is 3. The minimum atomic E-state index is 0.122. The van der Waals surface area contributed by atoms with Gasteiger partial charge >= 0.3 is 0 Å². The van der Waals surface area contributed by atoms with Gasteiger partial charge in [-0.15, -0.1) is 11.3 Å². The molecule has 1 rings (SSSR count). The molecule has 0 spiro atoms. The van der Waals surface area contributed by atoms with Crippen molar-refractivity contribution in [3.05, 3.63) is 21.9 Å². The van der Waals surface area contributed by atoms with Crippen molar-refractivity contribution in [3.63, 3.8) is 0 Å². The van der Waals surface area contributed by atoms with Gasteiger partial charge in [0, 0.05) is 12.0 Å². The fourth-order valence-corrected chi connectivity index (χ4v) is 2.98. The summed E-state index contributed by atoms with van der Waals surface area (Å²) in [6.45, 7) is 11.9. The summed E-state index contributed by atoms with van der Waals surface area (Å²) in [6, 6.07) is 2.53. The second-order valence-corrected chi connectivity index (χ2v) is 6.66. The molecule has 0 saturated carbocycles. The summed E-state index contributed by atoms with van der Waals surface area (Å²) in [5.74, 6) is 0. The molecular formula is C14H25NOS. The highest BCUT2D eigenvalue weighted by Crippen LogP contribution is 2.34. The number of thiophene rings is 1. The summed E-state index contributed by atoms with van der Waals surface area (Å²) in [4.78, 5) is 1.35. The largest absolute Gasteiger partial charge is 0.379 e. The van der Waals surface area contributed by atoms with Crippen LogP contribution in [0.15, 0.2) is 11.4 Å². The highest BCUT2D eigenvalue weighted by molar-refractivity contribution is 7.10. The molecule has 2 nitrogen and oxygen atoms in total. The molecule has 3 heteroatoms. The molecule has 2 atom stereocenters. The van der Waals surface area contributed by atoms with Crippen LogP contribution in [0.5, 0.6) is 0 Å². The van der Waals surface area contributed by atoms with Gasteiger partial charge in [0.1, 0.15) is 0 Å². The lowest BCUT2D eigenvalue weighted by Gasteiger charge is -2.36. The number of hydrogen-bond donors (Lipinski definition) is 1. The molecule has 1 N–H and O–H groups in total. The number of methoxy groups -OCH3 is 1. The van der Waals surface area contributed by atoms with Crippen LogP contribution in [-0.2, 0) is 4.74 Å². The standard InChI is InChI=1S/C14H25NOS/c1-7-15-12(11-8-10(2)17-9-11)13(16-6)14(3,4)5/h8-9,12-13,15H,7H2,1-6H3. The van der Waals surface area contributed by atoms with Gasteiger partial charge in [0.25, 0.3) is 0 Å². The molecule has 0 amide bonds. The van der Waals surface area contributed by atoms with Crippen LogP contribution < -0.4 is 5.32 Å². The molecule has 1 heterocycles. The van der Waals surface area contributed by atoms with Crippen molar-refractivity contribution in [1.82, 2.24) is 5.32 Å². The van der Waals surface area contributed by atoms with E-state index in [-0.39, 0.29) is 17.6 Å². The van der Waals surface area contributed by atoms with Crippen molar-refractivity contribution in [3.8, 4) is 0 Å². The highest BCUT2D eigenvalue weighted by atomic mass is 32.1. The molecule has 0 saturated heterocycles. The van der Waals surface area contributed by atoms with Crippen molar-refractivity contribution < 1.29 is 4.74 Å². The van der Waals surface area contributed by atoms with E-state index in [2.05, 4.69) is 51.4 Å². The molecule has 2 unspecified atom stereocenters. The van der Waals surface area contributed by atoms with E-state index in [1.54, 1.807) is 18.4 Å². The third-order valence-electron chi connectivity index (χ3n) is 2.94. The van der Waals surface area contributed by atoms with Crippen LogP contribution in [0.1, 0.15) is 44.2 Å². The van der Waals surface area contributed by atoms with Crippen molar-refractivity contribution in [1.29, 1.82) is 0 Å². The van der Waals surface area contributed by atoms with E-state index in [9.17, 15) is 0 Å². The Labute approximate surface area is 109 Å². The zero-order valence-corrected chi connectivity index (χ0v) is 12.6. The minimum absolute atomic E-state index is 0.122. The maximum atomic E-state index is 5.74. The first-order valence-corrected chi connectivity index (χ1v) is 7.09. The zero-order chi connectivity index (χ0) is 13.1. The van der Waals surface area contributed by atoms with Gasteiger partial charge in [-0.3, -0.25) is 0 Å². The fourth-order valence-electron chi connectivity index (χ4n) is 2.24. The van der Waals surface area contributed by atoms with Crippen LogP contribution >= 0.6 is 11.3 Å². The third-order valence-corrected chi connectivity index (χ3v) is 3.82. The number of rotatable bonds is 5. The molecule has 0 aliphatic carbocycles. The molecule has 17 heavy (non-hydrogen) atoms. The number of aryl methyl sites for hydroxylation is 1. The van der Waals surface area contributed by atoms with E-state index in [4.69, 9.17) is 4.74 Å². The molecule has 1 aromatic heterocycles. The van der Waals surface area contributed by atoms with Crippen molar-refractivity contribution in [2.75, 3.05) is 13.7 Å². The van der Waals surface area contributed by atoms with Crippen LogP contribution in [-0.4, -0.2) is 19.8 Å². The SMILES string of the molecule is CCNC(c1csc(C)c1)C(OC)C(C)(C)C. The average Bonchev–Trinajstić information content (AvgIpc) is 2.62. The molecule has 98 valence electrons. The zero-order valence-electron chi connectivity index (χ0n) is 11.8. The van der Waals surface area contributed by atoms with E-state index in [0.717, 1.165) is 6.54 Å². The lowest BCUT2D eigenvalue weighted by molar-refractivity contribution is -0.0115. The van der Waals surface area contributed by atoms with Crippen molar-refractivity contribution in [2.45, 2.75) is 46.8 Å². The minimum Gasteiger partial charge on any atom is -0.379 e. The van der Waals surface area contributed by atoms with Crippen LogP contribution in [0.4, 0.5) is 0 Å².